The Balaban J connectivity index is 2.00. The number of nitrogens with one attached hydrogen (secondary N) is 2. The lowest BCUT2D eigenvalue weighted by atomic mass is 9.83. The van der Waals surface area contributed by atoms with Gasteiger partial charge >= 0.3 is 6.61 Å². The Labute approximate surface area is 166 Å². The normalized spacial score (nSPS) is 19.0. The number of carbonyl (C=O) groups is 1. The Morgan fingerprint density at radius 3 is 2.54 bits per heavy atom. The van der Waals surface area contributed by atoms with Crippen molar-refractivity contribution in [3.05, 3.63) is 71.9 Å². The predicted molar refractivity (Wildman–Crippen MR) is 105 cm³/mol. The molecule has 2 aromatic rings. The summed E-state index contributed by atoms with van der Waals surface area (Å²) in [5, 5.41) is 6.28. The first-order valence-corrected chi connectivity index (χ1v) is 8.80. The van der Waals surface area contributed by atoms with Gasteiger partial charge in [-0.05, 0) is 29.9 Å². The third-order valence-corrected chi connectivity index (χ3v) is 4.59. The van der Waals surface area contributed by atoms with Gasteiger partial charge in [0.1, 0.15) is 0 Å². The Morgan fingerprint density at radius 1 is 1.18 bits per heavy atom. The highest BCUT2D eigenvalue weighted by atomic mass is 32.1. The molecule has 1 aliphatic rings. The van der Waals surface area contributed by atoms with Crippen molar-refractivity contribution in [2.24, 2.45) is 5.92 Å². The minimum Gasteiger partial charge on any atom is -0.493 e. The van der Waals surface area contributed by atoms with Gasteiger partial charge in [0.15, 0.2) is 22.4 Å². The van der Waals surface area contributed by atoms with E-state index >= 15 is 0 Å². The molecule has 0 bridgehead atoms. The van der Waals surface area contributed by atoms with E-state index in [9.17, 15) is 13.6 Å². The van der Waals surface area contributed by atoms with Crippen LogP contribution in [0.2, 0.25) is 0 Å². The van der Waals surface area contributed by atoms with Crippen LogP contribution in [0.25, 0.3) is 0 Å². The molecule has 8 heteroatoms. The highest BCUT2D eigenvalue weighted by Gasteiger charge is 2.37. The molecule has 2 aromatic carbocycles. The monoisotopic (exact) mass is 404 g/mol. The van der Waals surface area contributed by atoms with E-state index < -0.39 is 18.6 Å². The van der Waals surface area contributed by atoms with Crippen molar-refractivity contribution in [3.8, 4) is 11.5 Å². The molecule has 1 aliphatic heterocycles. The molecule has 0 amide bonds. The third-order valence-electron chi connectivity index (χ3n) is 4.37. The van der Waals surface area contributed by atoms with E-state index in [1.807, 2.05) is 6.07 Å². The number of methoxy groups -OCH3 is 1. The van der Waals surface area contributed by atoms with E-state index in [4.69, 9.17) is 17.0 Å². The quantitative estimate of drug-likeness (QED) is 0.564. The smallest absolute Gasteiger partial charge is 0.387 e. The highest BCUT2D eigenvalue weighted by Crippen LogP contribution is 2.37. The molecule has 2 N–H and O–H groups in total. The lowest BCUT2D eigenvalue weighted by molar-refractivity contribution is -0.0512. The molecule has 1 heterocycles. The molecule has 1 saturated heterocycles. The molecule has 0 saturated carbocycles. The van der Waals surface area contributed by atoms with E-state index in [2.05, 4.69) is 21.9 Å². The maximum Gasteiger partial charge on any atom is 0.387 e. The minimum absolute atomic E-state index is 0.0949. The average molecular weight is 404 g/mol. The van der Waals surface area contributed by atoms with Crippen LogP contribution in [0.1, 0.15) is 22.0 Å². The summed E-state index contributed by atoms with van der Waals surface area (Å²) in [4.78, 5) is 13.1. The van der Waals surface area contributed by atoms with Crippen LogP contribution in [0.4, 0.5) is 8.78 Å². The lowest BCUT2D eigenvalue weighted by Gasteiger charge is -2.35. The average Bonchev–Trinajstić information content (AvgIpc) is 2.67. The molecular weight excluding hydrogens is 386 g/mol. The van der Waals surface area contributed by atoms with Crippen LogP contribution in [-0.4, -0.2) is 24.6 Å². The van der Waals surface area contributed by atoms with Crippen LogP contribution in [0.15, 0.2) is 60.8 Å². The summed E-state index contributed by atoms with van der Waals surface area (Å²) in [5.74, 6) is -0.784. The number of thiocarbonyl (C=S) groups is 1. The topological polar surface area (TPSA) is 59.6 Å². The molecule has 28 heavy (non-hydrogen) atoms. The van der Waals surface area contributed by atoms with Crippen molar-refractivity contribution >= 4 is 23.1 Å². The number of hydrogen-bond acceptors (Lipinski definition) is 4. The van der Waals surface area contributed by atoms with Crippen LogP contribution in [0.3, 0.4) is 0 Å². The number of alkyl halides is 2. The van der Waals surface area contributed by atoms with E-state index in [1.54, 1.807) is 36.4 Å². The van der Waals surface area contributed by atoms with Gasteiger partial charge in [-0.1, -0.05) is 43.0 Å². The predicted octanol–water partition coefficient (Wildman–Crippen LogP) is 3.83. The fraction of sp³-hybridized carbons (Fsp3) is 0.200. The SMILES string of the molecule is C=C1NC(=S)N[C@@H](c2ccc(OC(F)F)c(OC)c2)[C@@H]1C(=O)c1ccccc1. The van der Waals surface area contributed by atoms with Gasteiger partial charge in [-0.3, -0.25) is 4.79 Å². The molecule has 1 fully saturated rings. The van der Waals surface area contributed by atoms with Gasteiger partial charge in [-0.15, -0.1) is 0 Å². The van der Waals surface area contributed by atoms with Crippen LogP contribution < -0.4 is 20.1 Å². The fourth-order valence-corrected chi connectivity index (χ4v) is 3.38. The van der Waals surface area contributed by atoms with Crippen molar-refractivity contribution in [1.82, 2.24) is 10.6 Å². The Kier molecular flexibility index (Phi) is 5.89. The van der Waals surface area contributed by atoms with E-state index in [-0.39, 0.29) is 17.3 Å². The van der Waals surface area contributed by atoms with Gasteiger partial charge in [-0.25, -0.2) is 0 Å². The number of hydrogen-bond donors (Lipinski definition) is 2. The van der Waals surface area contributed by atoms with Crippen molar-refractivity contribution in [2.45, 2.75) is 12.7 Å². The summed E-state index contributed by atoms with van der Waals surface area (Å²) in [7, 11) is 1.35. The number of ketones is 1. The second kappa shape index (κ2) is 8.35. The van der Waals surface area contributed by atoms with Gasteiger partial charge in [0.05, 0.1) is 19.1 Å². The van der Waals surface area contributed by atoms with Gasteiger partial charge < -0.3 is 20.1 Å². The van der Waals surface area contributed by atoms with E-state index in [0.717, 1.165) is 0 Å². The van der Waals surface area contributed by atoms with Gasteiger partial charge in [0.2, 0.25) is 0 Å². The highest BCUT2D eigenvalue weighted by molar-refractivity contribution is 7.80. The maximum absolute atomic E-state index is 13.1. The number of carbonyl (C=O) groups excluding carboxylic acids is 1. The molecule has 3 rings (SSSR count). The van der Waals surface area contributed by atoms with Gasteiger partial charge in [0, 0.05) is 11.3 Å². The first kappa shape index (κ1) is 19.8. The summed E-state index contributed by atoms with van der Waals surface area (Å²) < 4.78 is 34.8. The molecular formula is C20H18F2N2O3S. The zero-order chi connectivity index (χ0) is 20.3. The Morgan fingerprint density at radius 2 is 1.89 bits per heavy atom. The second-order valence-electron chi connectivity index (χ2n) is 6.10. The number of benzene rings is 2. The number of Topliss-reactive ketones (excluding diaryl/α,β-unsaturated/α-hetero) is 1. The largest absolute Gasteiger partial charge is 0.493 e. The Bertz CT molecular complexity index is 906. The second-order valence-corrected chi connectivity index (χ2v) is 6.51. The minimum atomic E-state index is -2.98. The van der Waals surface area contributed by atoms with Crippen LogP contribution in [0, 0.1) is 5.92 Å². The molecule has 2 atom stereocenters. The number of halogens is 2. The van der Waals surface area contributed by atoms with Crippen molar-refractivity contribution in [2.75, 3.05) is 7.11 Å². The summed E-state index contributed by atoms with van der Waals surface area (Å²) in [6, 6.07) is 12.8. The van der Waals surface area contributed by atoms with E-state index in [1.165, 1.54) is 13.2 Å². The summed E-state index contributed by atoms with van der Waals surface area (Å²) in [5.41, 5.74) is 1.60. The van der Waals surface area contributed by atoms with Crippen LogP contribution in [-0.2, 0) is 0 Å². The molecule has 0 aliphatic carbocycles. The van der Waals surface area contributed by atoms with Gasteiger partial charge in [-0.2, -0.15) is 8.78 Å². The number of rotatable bonds is 6. The first-order chi connectivity index (χ1) is 13.4. The molecule has 146 valence electrons. The van der Waals surface area contributed by atoms with Crippen LogP contribution >= 0.6 is 12.2 Å². The first-order valence-electron chi connectivity index (χ1n) is 8.39. The molecule has 5 nitrogen and oxygen atoms in total. The van der Waals surface area contributed by atoms with Crippen molar-refractivity contribution in [1.29, 1.82) is 0 Å². The third kappa shape index (κ3) is 4.12. The standard InChI is InChI=1S/C20H18F2N2O3S/c1-11-16(18(25)12-6-4-3-5-7-12)17(24-20(28)23-11)13-8-9-14(27-19(21)22)15(10-13)26-2/h3-10,16-17,19H,1H2,2H3,(H2,23,24,28)/t16-,17+/m1/s1. The number of ether oxygens (including phenoxy) is 2. The fourth-order valence-electron chi connectivity index (χ4n) is 3.12. The molecule has 0 unspecified atom stereocenters. The Hall–Kier alpha value is -3.00. The van der Waals surface area contributed by atoms with Gasteiger partial charge in [0.25, 0.3) is 0 Å². The van der Waals surface area contributed by atoms with Crippen LogP contribution in [0.5, 0.6) is 11.5 Å². The summed E-state index contributed by atoms with van der Waals surface area (Å²) in [6.07, 6.45) is 0. The van der Waals surface area contributed by atoms with Crippen molar-refractivity contribution < 1.29 is 23.0 Å². The van der Waals surface area contributed by atoms with E-state index in [0.29, 0.717) is 21.9 Å². The lowest BCUT2D eigenvalue weighted by Crippen LogP contribution is -2.50. The summed E-state index contributed by atoms with van der Waals surface area (Å²) in [6.45, 7) is 0.978. The maximum atomic E-state index is 13.1. The zero-order valence-electron chi connectivity index (χ0n) is 14.9. The molecule has 0 spiro atoms. The zero-order valence-corrected chi connectivity index (χ0v) is 15.8. The molecule has 0 aromatic heterocycles. The van der Waals surface area contributed by atoms with Crippen molar-refractivity contribution in [3.63, 3.8) is 0 Å². The summed E-state index contributed by atoms with van der Waals surface area (Å²) >= 11 is 5.21. The molecule has 0 radical (unpaired) electrons.